The molecule has 0 aromatic heterocycles. The standard InChI is InChI=1S/C67H121NO18/c1-3-5-7-9-11-13-15-17-18-19-20-21-22-23-24-25-26-27-28-29-30-31-33-34-36-38-40-42-44-51(72)50(68-55(73)45-43-41-39-37-35-32-16-14-12-10-8-6-4-2)49-81-65-61(79)58(76)63(53(47-70)83-65)86-67-62(80)59(77)64(54(48-71)84-67)85-66-60(78)57(75)56(74)52(46-69)82-66/h8,10,14,16,34,36,42,44,50-54,56-67,69-72,74-80H,3-7,9,11-13,15,17-33,35,37-41,43,45-49H2,1-2H3,(H,68,73)/b10-8-,16-14-,36-34+,44-42+. The van der Waals surface area contributed by atoms with Crippen LogP contribution in [0.15, 0.2) is 48.6 Å². The van der Waals surface area contributed by atoms with E-state index in [0.717, 1.165) is 70.6 Å². The number of unbranched alkanes of at least 4 members (excludes halogenated alkanes) is 29. The molecular formula is C67H121NO18. The Morgan fingerprint density at radius 2 is 0.802 bits per heavy atom. The van der Waals surface area contributed by atoms with Gasteiger partial charge >= 0.3 is 0 Å². The first-order valence-electron chi connectivity index (χ1n) is 33.9. The van der Waals surface area contributed by atoms with E-state index in [1.165, 1.54) is 135 Å². The molecule has 0 saturated carbocycles. The molecule has 0 spiro atoms. The fourth-order valence-electron chi connectivity index (χ4n) is 11.3. The molecule has 0 bridgehead atoms. The highest BCUT2D eigenvalue weighted by atomic mass is 16.8. The van der Waals surface area contributed by atoms with Crippen LogP contribution in [0.5, 0.6) is 0 Å². The van der Waals surface area contributed by atoms with Crippen LogP contribution in [-0.4, -0.2) is 193 Å². The van der Waals surface area contributed by atoms with Crippen LogP contribution in [0.3, 0.4) is 0 Å². The number of carbonyl (C=O) groups is 1. The topological polar surface area (TPSA) is 307 Å². The van der Waals surface area contributed by atoms with E-state index in [0.29, 0.717) is 12.8 Å². The first-order chi connectivity index (χ1) is 41.8. The van der Waals surface area contributed by atoms with Gasteiger partial charge in [0.05, 0.1) is 38.6 Å². The summed E-state index contributed by atoms with van der Waals surface area (Å²) in [6.45, 7) is 1.64. The van der Waals surface area contributed by atoms with Crippen molar-refractivity contribution in [3.8, 4) is 0 Å². The third kappa shape index (κ3) is 31.7. The Bertz CT molecular complexity index is 1750. The highest BCUT2D eigenvalue weighted by Gasteiger charge is 2.53. The van der Waals surface area contributed by atoms with E-state index in [9.17, 15) is 61.0 Å². The molecule has 1 amide bonds. The van der Waals surface area contributed by atoms with Crippen molar-refractivity contribution in [3.63, 3.8) is 0 Å². The Hall–Kier alpha value is -2.25. The highest BCUT2D eigenvalue weighted by molar-refractivity contribution is 5.76. The number of nitrogens with one attached hydrogen (secondary N) is 1. The molecule has 17 unspecified atom stereocenters. The summed E-state index contributed by atoms with van der Waals surface area (Å²) in [5, 5.41) is 120. The van der Waals surface area contributed by atoms with Crippen molar-refractivity contribution in [1.82, 2.24) is 5.32 Å². The van der Waals surface area contributed by atoms with E-state index in [-0.39, 0.29) is 18.9 Å². The zero-order valence-corrected chi connectivity index (χ0v) is 52.8. The van der Waals surface area contributed by atoms with Crippen molar-refractivity contribution < 1.29 is 89.4 Å². The summed E-state index contributed by atoms with van der Waals surface area (Å²) in [6, 6.07) is -0.998. The zero-order chi connectivity index (χ0) is 62.6. The lowest BCUT2D eigenvalue weighted by molar-refractivity contribution is -0.379. The molecule has 502 valence electrons. The molecule has 86 heavy (non-hydrogen) atoms. The maximum atomic E-state index is 13.3. The van der Waals surface area contributed by atoms with Crippen LogP contribution in [-0.2, 0) is 33.2 Å². The molecule has 3 rings (SSSR count). The second-order valence-electron chi connectivity index (χ2n) is 24.3. The minimum Gasteiger partial charge on any atom is -0.394 e. The summed E-state index contributed by atoms with van der Waals surface area (Å²) < 4.78 is 34.3. The lowest BCUT2D eigenvalue weighted by atomic mass is 9.96. The van der Waals surface area contributed by atoms with Gasteiger partial charge in [-0.25, -0.2) is 0 Å². The predicted molar refractivity (Wildman–Crippen MR) is 332 cm³/mol. The van der Waals surface area contributed by atoms with Crippen LogP contribution >= 0.6 is 0 Å². The van der Waals surface area contributed by atoms with Crippen molar-refractivity contribution in [3.05, 3.63) is 48.6 Å². The maximum absolute atomic E-state index is 13.3. The summed E-state index contributed by atoms with van der Waals surface area (Å²) in [7, 11) is 0. The van der Waals surface area contributed by atoms with Gasteiger partial charge < -0.3 is 89.9 Å². The molecule has 3 saturated heterocycles. The fourth-order valence-corrected chi connectivity index (χ4v) is 11.3. The molecule has 3 heterocycles. The maximum Gasteiger partial charge on any atom is 0.220 e. The molecule has 0 aromatic rings. The van der Waals surface area contributed by atoms with Gasteiger partial charge in [-0.2, -0.15) is 0 Å². The van der Waals surface area contributed by atoms with Gasteiger partial charge in [-0.05, 0) is 57.8 Å². The second-order valence-corrected chi connectivity index (χ2v) is 24.3. The van der Waals surface area contributed by atoms with Crippen molar-refractivity contribution in [1.29, 1.82) is 0 Å². The van der Waals surface area contributed by atoms with E-state index >= 15 is 0 Å². The number of hydrogen-bond donors (Lipinski definition) is 12. The zero-order valence-electron chi connectivity index (χ0n) is 52.8. The average Bonchev–Trinajstić information content (AvgIpc) is 2.26. The van der Waals surface area contributed by atoms with Gasteiger partial charge in [0.2, 0.25) is 5.91 Å². The van der Waals surface area contributed by atoms with Gasteiger partial charge in [0.25, 0.3) is 0 Å². The Morgan fingerprint density at radius 3 is 1.28 bits per heavy atom. The summed E-state index contributed by atoms with van der Waals surface area (Å²) in [5.41, 5.74) is 0. The van der Waals surface area contributed by atoms with Crippen LogP contribution in [0.2, 0.25) is 0 Å². The van der Waals surface area contributed by atoms with Crippen LogP contribution < -0.4 is 5.32 Å². The van der Waals surface area contributed by atoms with Gasteiger partial charge in [-0.3, -0.25) is 4.79 Å². The Balaban J connectivity index is 1.43. The minimum absolute atomic E-state index is 0.218. The third-order valence-electron chi connectivity index (χ3n) is 16.8. The number of aliphatic hydroxyl groups excluding tert-OH is 11. The quantitative estimate of drug-likeness (QED) is 0.0202. The molecule has 12 N–H and O–H groups in total. The normalized spacial score (nSPS) is 29.1. The van der Waals surface area contributed by atoms with Crippen molar-refractivity contribution >= 4 is 5.91 Å². The van der Waals surface area contributed by atoms with E-state index in [1.807, 2.05) is 6.08 Å². The number of ether oxygens (including phenoxy) is 6. The summed E-state index contributed by atoms with van der Waals surface area (Å²) >= 11 is 0. The third-order valence-corrected chi connectivity index (χ3v) is 16.8. The van der Waals surface area contributed by atoms with Gasteiger partial charge in [0, 0.05) is 6.42 Å². The Morgan fingerprint density at radius 1 is 0.419 bits per heavy atom. The number of aliphatic hydroxyl groups is 11. The van der Waals surface area contributed by atoms with Gasteiger partial charge in [0.15, 0.2) is 18.9 Å². The number of rotatable bonds is 51. The number of carbonyl (C=O) groups excluding carboxylic acids is 1. The molecule has 0 aromatic carbocycles. The Labute approximate surface area is 516 Å². The molecule has 0 aliphatic carbocycles. The molecule has 3 aliphatic rings. The first kappa shape index (κ1) is 78.0. The second kappa shape index (κ2) is 49.5. The van der Waals surface area contributed by atoms with Crippen LogP contribution in [0, 0.1) is 0 Å². The van der Waals surface area contributed by atoms with Gasteiger partial charge in [0.1, 0.15) is 73.2 Å². The highest BCUT2D eigenvalue weighted by Crippen LogP contribution is 2.33. The van der Waals surface area contributed by atoms with Gasteiger partial charge in [-0.1, -0.05) is 223 Å². The van der Waals surface area contributed by atoms with E-state index < -0.39 is 124 Å². The molecule has 19 nitrogen and oxygen atoms in total. The van der Waals surface area contributed by atoms with Crippen LogP contribution in [0.4, 0.5) is 0 Å². The van der Waals surface area contributed by atoms with Crippen LogP contribution in [0.25, 0.3) is 0 Å². The Kier molecular flexibility index (Phi) is 44.8. The number of hydrogen-bond acceptors (Lipinski definition) is 18. The summed E-state index contributed by atoms with van der Waals surface area (Å²) in [5.74, 6) is -0.300. The molecule has 17 atom stereocenters. The predicted octanol–water partition coefficient (Wildman–Crippen LogP) is 8.22. The molecule has 3 aliphatic heterocycles. The van der Waals surface area contributed by atoms with Crippen molar-refractivity contribution in [2.45, 2.75) is 343 Å². The molecule has 19 heteroatoms. The first-order valence-corrected chi connectivity index (χ1v) is 33.9. The smallest absolute Gasteiger partial charge is 0.220 e. The monoisotopic (exact) mass is 1230 g/mol. The SMILES string of the molecule is CCC/C=C\C/C=C\CCCCCCCC(=O)NC(COC1OC(CO)C(OC2OC(CO)C(OC3OC(CO)C(O)C(O)C3O)C(O)C2O)C(O)C1O)C(O)/C=C/CC/C=C/CCCCCCCCCCCCCCCCCCCCCCCC. The lowest BCUT2D eigenvalue weighted by Crippen LogP contribution is -2.66. The average molecular weight is 1230 g/mol. The molecule has 3 fully saturated rings. The molecule has 0 radical (unpaired) electrons. The van der Waals surface area contributed by atoms with E-state index in [1.54, 1.807) is 6.08 Å². The van der Waals surface area contributed by atoms with E-state index in [4.69, 9.17) is 28.4 Å². The summed E-state index contributed by atoms with van der Waals surface area (Å²) in [6.07, 6.45) is 31.1. The number of allylic oxidation sites excluding steroid dienone is 7. The largest absolute Gasteiger partial charge is 0.394 e. The minimum atomic E-state index is -1.98. The van der Waals surface area contributed by atoms with Crippen LogP contribution in [0.1, 0.15) is 239 Å². The van der Waals surface area contributed by atoms with E-state index in [2.05, 4.69) is 55.6 Å². The summed E-state index contributed by atoms with van der Waals surface area (Å²) in [4.78, 5) is 13.3. The van der Waals surface area contributed by atoms with Crippen molar-refractivity contribution in [2.75, 3.05) is 26.4 Å². The fraction of sp³-hybridized carbons (Fsp3) is 0.866. The van der Waals surface area contributed by atoms with Crippen molar-refractivity contribution in [2.24, 2.45) is 0 Å². The molecular weight excluding hydrogens is 1110 g/mol. The lowest BCUT2D eigenvalue weighted by Gasteiger charge is -2.48. The van der Waals surface area contributed by atoms with Gasteiger partial charge in [-0.15, -0.1) is 0 Å². The number of amides is 1.